The molecule has 1 aliphatic carbocycles. The Bertz CT molecular complexity index is 442. The molecule has 1 fully saturated rings. The highest BCUT2D eigenvalue weighted by Crippen LogP contribution is 2.38. The van der Waals surface area contributed by atoms with Crippen LogP contribution in [0.5, 0.6) is 5.75 Å². The van der Waals surface area contributed by atoms with Crippen LogP contribution in [0.2, 0.25) is 0 Å². The fourth-order valence-electron chi connectivity index (χ4n) is 3.13. The summed E-state index contributed by atoms with van der Waals surface area (Å²) in [5.41, 5.74) is 0.659. The Morgan fingerprint density at radius 2 is 1.90 bits per heavy atom. The van der Waals surface area contributed by atoms with E-state index in [0.717, 1.165) is 25.7 Å². The SMILES string of the molecule is CCC1CCCC(C(O)c2ccc(OC(F)(F)F)cc2)C1. The van der Waals surface area contributed by atoms with E-state index >= 15 is 0 Å². The average Bonchev–Trinajstić information content (AvgIpc) is 2.46. The Morgan fingerprint density at radius 3 is 2.48 bits per heavy atom. The van der Waals surface area contributed by atoms with Crippen molar-refractivity contribution in [2.75, 3.05) is 0 Å². The summed E-state index contributed by atoms with van der Waals surface area (Å²) in [5.74, 6) is 0.581. The van der Waals surface area contributed by atoms with Gasteiger partial charge in [-0.3, -0.25) is 0 Å². The second-order valence-electron chi connectivity index (χ2n) is 5.76. The molecule has 0 spiro atoms. The van der Waals surface area contributed by atoms with Gasteiger partial charge in [0.25, 0.3) is 0 Å². The van der Waals surface area contributed by atoms with Crippen molar-refractivity contribution < 1.29 is 23.0 Å². The van der Waals surface area contributed by atoms with Crippen molar-refractivity contribution in [2.24, 2.45) is 11.8 Å². The molecule has 2 rings (SSSR count). The zero-order valence-electron chi connectivity index (χ0n) is 12.1. The third kappa shape index (κ3) is 4.63. The highest BCUT2D eigenvalue weighted by atomic mass is 19.4. The van der Waals surface area contributed by atoms with Gasteiger partial charge in [0.15, 0.2) is 0 Å². The van der Waals surface area contributed by atoms with Gasteiger partial charge < -0.3 is 9.84 Å². The Balaban J connectivity index is 2.00. The molecule has 2 nitrogen and oxygen atoms in total. The van der Waals surface area contributed by atoms with E-state index in [4.69, 9.17) is 0 Å². The van der Waals surface area contributed by atoms with Gasteiger partial charge >= 0.3 is 6.36 Å². The van der Waals surface area contributed by atoms with Gasteiger partial charge in [-0.25, -0.2) is 0 Å². The van der Waals surface area contributed by atoms with Crippen molar-refractivity contribution in [3.05, 3.63) is 29.8 Å². The predicted molar refractivity (Wildman–Crippen MR) is 73.8 cm³/mol. The first kappa shape index (κ1) is 16.1. The third-order valence-electron chi connectivity index (χ3n) is 4.30. The first-order valence-electron chi connectivity index (χ1n) is 7.43. The number of alkyl halides is 3. The molecular formula is C16H21F3O2. The molecule has 1 aliphatic rings. The maximum absolute atomic E-state index is 12.1. The summed E-state index contributed by atoms with van der Waals surface area (Å²) in [6, 6.07) is 5.54. The summed E-state index contributed by atoms with van der Waals surface area (Å²) in [7, 11) is 0. The summed E-state index contributed by atoms with van der Waals surface area (Å²) in [6.45, 7) is 2.16. The zero-order chi connectivity index (χ0) is 15.5. The summed E-state index contributed by atoms with van der Waals surface area (Å²) in [6.07, 6.45) is 0.0866. The quantitative estimate of drug-likeness (QED) is 0.862. The topological polar surface area (TPSA) is 29.5 Å². The molecule has 3 atom stereocenters. The molecule has 21 heavy (non-hydrogen) atoms. The maximum Gasteiger partial charge on any atom is 0.573 e. The van der Waals surface area contributed by atoms with E-state index in [-0.39, 0.29) is 11.7 Å². The van der Waals surface area contributed by atoms with E-state index in [1.54, 1.807) is 0 Å². The number of hydrogen-bond acceptors (Lipinski definition) is 2. The van der Waals surface area contributed by atoms with Crippen LogP contribution in [0.15, 0.2) is 24.3 Å². The molecule has 1 aromatic carbocycles. The Hall–Kier alpha value is -1.23. The molecule has 5 heteroatoms. The molecule has 0 aliphatic heterocycles. The van der Waals surface area contributed by atoms with Gasteiger partial charge in [-0.15, -0.1) is 13.2 Å². The molecule has 1 N–H and O–H groups in total. The fourth-order valence-corrected chi connectivity index (χ4v) is 3.13. The molecule has 0 heterocycles. The molecule has 0 saturated heterocycles. The lowest BCUT2D eigenvalue weighted by Gasteiger charge is -2.32. The van der Waals surface area contributed by atoms with Gasteiger partial charge in [0, 0.05) is 0 Å². The van der Waals surface area contributed by atoms with Crippen molar-refractivity contribution in [3.63, 3.8) is 0 Å². The first-order chi connectivity index (χ1) is 9.89. The van der Waals surface area contributed by atoms with E-state index in [0.29, 0.717) is 11.5 Å². The average molecular weight is 302 g/mol. The lowest BCUT2D eigenvalue weighted by Crippen LogP contribution is -2.21. The highest BCUT2D eigenvalue weighted by molar-refractivity contribution is 5.29. The number of rotatable bonds is 4. The van der Waals surface area contributed by atoms with E-state index in [2.05, 4.69) is 11.7 Å². The molecule has 118 valence electrons. The predicted octanol–water partition coefficient (Wildman–Crippen LogP) is 4.84. The fraction of sp³-hybridized carbons (Fsp3) is 0.625. The minimum atomic E-state index is -4.68. The van der Waals surface area contributed by atoms with E-state index in [1.807, 2.05) is 0 Å². The first-order valence-corrected chi connectivity index (χ1v) is 7.43. The van der Waals surface area contributed by atoms with Crippen LogP contribution in [0.25, 0.3) is 0 Å². The summed E-state index contributed by atoms with van der Waals surface area (Å²) in [4.78, 5) is 0. The van der Waals surface area contributed by atoms with Gasteiger partial charge in [0.2, 0.25) is 0 Å². The zero-order valence-corrected chi connectivity index (χ0v) is 12.1. The Kier molecular flexibility index (Phi) is 5.14. The molecule has 0 aromatic heterocycles. The third-order valence-corrected chi connectivity index (χ3v) is 4.30. The van der Waals surface area contributed by atoms with Gasteiger partial charge in [-0.2, -0.15) is 0 Å². The van der Waals surface area contributed by atoms with E-state index in [9.17, 15) is 18.3 Å². The lowest BCUT2D eigenvalue weighted by atomic mass is 9.76. The standard InChI is InChI=1S/C16H21F3O2/c1-2-11-4-3-5-13(10-11)15(20)12-6-8-14(9-7-12)21-16(17,18)19/h6-9,11,13,15,20H,2-5,10H2,1H3. The normalized spacial score (nSPS) is 24.6. The minimum Gasteiger partial charge on any atom is -0.406 e. The van der Waals surface area contributed by atoms with Gasteiger partial charge in [-0.05, 0) is 42.4 Å². The van der Waals surface area contributed by atoms with Crippen molar-refractivity contribution >= 4 is 0 Å². The summed E-state index contributed by atoms with van der Waals surface area (Å²) < 4.78 is 40.1. The second-order valence-corrected chi connectivity index (χ2v) is 5.76. The van der Waals surface area contributed by atoms with Gasteiger partial charge in [-0.1, -0.05) is 38.3 Å². The second kappa shape index (κ2) is 6.69. The summed E-state index contributed by atoms with van der Waals surface area (Å²) in [5, 5.41) is 10.4. The van der Waals surface area contributed by atoms with E-state index < -0.39 is 12.5 Å². The number of ether oxygens (including phenoxy) is 1. The van der Waals surface area contributed by atoms with E-state index in [1.165, 1.54) is 30.7 Å². The molecule has 0 radical (unpaired) electrons. The van der Waals surface area contributed by atoms with Crippen LogP contribution in [0, 0.1) is 11.8 Å². The molecule has 1 aromatic rings. The number of benzene rings is 1. The number of aliphatic hydroxyl groups excluding tert-OH is 1. The molecule has 0 amide bonds. The molecule has 1 saturated carbocycles. The Morgan fingerprint density at radius 1 is 1.24 bits per heavy atom. The summed E-state index contributed by atoms with van der Waals surface area (Å²) >= 11 is 0. The van der Waals surface area contributed by atoms with Gasteiger partial charge in [0.1, 0.15) is 5.75 Å². The number of hydrogen-bond donors (Lipinski definition) is 1. The maximum atomic E-state index is 12.1. The lowest BCUT2D eigenvalue weighted by molar-refractivity contribution is -0.274. The van der Waals surface area contributed by atoms with Crippen molar-refractivity contribution in [3.8, 4) is 5.75 Å². The molecule has 0 bridgehead atoms. The van der Waals surface area contributed by atoms with Crippen LogP contribution in [0.4, 0.5) is 13.2 Å². The molecule has 3 unspecified atom stereocenters. The van der Waals surface area contributed by atoms with Crippen LogP contribution >= 0.6 is 0 Å². The van der Waals surface area contributed by atoms with Crippen LogP contribution in [0.3, 0.4) is 0 Å². The van der Waals surface area contributed by atoms with Crippen LogP contribution in [-0.2, 0) is 0 Å². The number of aliphatic hydroxyl groups is 1. The molecular weight excluding hydrogens is 281 g/mol. The van der Waals surface area contributed by atoms with Crippen molar-refractivity contribution in [2.45, 2.75) is 51.5 Å². The van der Waals surface area contributed by atoms with Crippen LogP contribution in [0.1, 0.15) is 50.7 Å². The van der Waals surface area contributed by atoms with Crippen molar-refractivity contribution in [1.29, 1.82) is 0 Å². The smallest absolute Gasteiger partial charge is 0.406 e. The van der Waals surface area contributed by atoms with Crippen molar-refractivity contribution in [1.82, 2.24) is 0 Å². The van der Waals surface area contributed by atoms with Crippen LogP contribution < -0.4 is 4.74 Å². The number of halogens is 3. The largest absolute Gasteiger partial charge is 0.573 e. The minimum absolute atomic E-state index is 0.193. The van der Waals surface area contributed by atoms with Gasteiger partial charge in [0.05, 0.1) is 6.10 Å². The highest BCUT2D eigenvalue weighted by Gasteiger charge is 2.31. The monoisotopic (exact) mass is 302 g/mol. The Labute approximate surface area is 122 Å². The van der Waals surface area contributed by atoms with Crippen LogP contribution in [-0.4, -0.2) is 11.5 Å².